The summed E-state index contributed by atoms with van der Waals surface area (Å²) in [5, 5.41) is 13.8. The van der Waals surface area contributed by atoms with Crippen molar-refractivity contribution in [3.63, 3.8) is 0 Å². The van der Waals surface area contributed by atoms with Crippen LogP contribution in [0.5, 0.6) is 0 Å². The standard InChI is InChI=1S/C13H12FN3O2/c1-9(10-4-2-5-11(14)8-10)16-13-12(17(18)19)6-3-7-15-13/h2-9H,1H3,(H,15,16). The Bertz CT molecular complexity index is 604. The molecule has 2 rings (SSSR count). The van der Waals surface area contributed by atoms with Crippen LogP contribution in [-0.2, 0) is 0 Å². The Kier molecular flexibility index (Phi) is 3.70. The van der Waals surface area contributed by atoms with E-state index in [2.05, 4.69) is 10.3 Å². The molecule has 0 aliphatic carbocycles. The van der Waals surface area contributed by atoms with Crippen LogP contribution in [0.1, 0.15) is 18.5 Å². The summed E-state index contributed by atoms with van der Waals surface area (Å²) in [7, 11) is 0. The molecule has 1 atom stereocenters. The van der Waals surface area contributed by atoms with E-state index in [0.717, 1.165) is 0 Å². The minimum absolute atomic E-state index is 0.106. The van der Waals surface area contributed by atoms with Crippen LogP contribution in [0.15, 0.2) is 42.6 Å². The fourth-order valence-electron chi connectivity index (χ4n) is 1.72. The molecular formula is C13H12FN3O2. The van der Waals surface area contributed by atoms with Crippen LogP contribution in [0.3, 0.4) is 0 Å². The second-order valence-electron chi connectivity index (χ2n) is 4.05. The normalized spacial score (nSPS) is 11.9. The van der Waals surface area contributed by atoms with Gasteiger partial charge in [-0.3, -0.25) is 10.1 Å². The van der Waals surface area contributed by atoms with Crippen LogP contribution in [-0.4, -0.2) is 9.91 Å². The van der Waals surface area contributed by atoms with Gasteiger partial charge in [0.2, 0.25) is 5.82 Å². The molecule has 0 saturated carbocycles. The lowest BCUT2D eigenvalue weighted by Gasteiger charge is -2.14. The van der Waals surface area contributed by atoms with Gasteiger partial charge in [-0.1, -0.05) is 12.1 Å². The minimum atomic E-state index is -0.506. The minimum Gasteiger partial charge on any atom is -0.358 e. The molecule has 5 nitrogen and oxygen atoms in total. The summed E-state index contributed by atoms with van der Waals surface area (Å²) >= 11 is 0. The molecule has 1 heterocycles. The van der Waals surface area contributed by atoms with Crippen molar-refractivity contribution in [3.8, 4) is 0 Å². The zero-order valence-corrected chi connectivity index (χ0v) is 10.2. The van der Waals surface area contributed by atoms with Gasteiger partial charge in [-0.15, -0.1) is 0 Å². The summed E-state index contributed by atoms with van der Waals surface area (Å²) in [4.78, 5) is 14.3. The maximum absolute atomic E-state index is 13.1. The Balaban J connectivity index is 2.24. The van der Waals surface area contributed by atoms with Crippen LogP contribution >= 0.6 is 0 Å². The maximum atomic E-state index is 13.1. The number of nitro groups is 1. The molecule has 0 spiro atoms. The molecule has 0 amide bonds. The van der Waals surface area contributed by atoms with Crippen molar-refractivity contribution in [1.29, 1.82) is 0 Å². The maximum Gasteiger partial charge on any atom is 0.311 e. The van der Waals surface area contributed by atoms with Crippen molar-refractivity contribution in [2.45, 2.75) is 13.0 Å². The van der Waals surface area contributed by atoms with Crippen molar-refractivity contribution >= 4 is 11.5 Å². The molecule has 98 valence electrons. The number of pyridine rings is 1. The van der Waals surface area contributed by atoms with Crippen molar-refractivity contribution < 1.29 is 9.31 Å². The lowest BCUT2D eigenvalue weighted by Crippen LogP contribution is -2.09. The van der Waals surface area contributed by atoms with Gasteiger partial charge >= 0.3 is 5.69 Å². The van der Waals surface area contributed by atoms with E-state index in [4.69, 9.17) is 0 Å². The Hall–Kier alpha value is -2.50. The van der Waals surface area contributed by atoms with Gasteiger partial charge in [-0.25, -0.2) is 9.37 Å². The number of nitrogens with zero attached hydrogens (tertiary/aromatic N) is 2. The Morgan fingerprint density at radius 2 is 2.16 bits per heavy atom. The van der Waals surface area contributed by atoms with Gasteiger partial charge in [0.05, 0.1) is 11.0 Å². The molecule has 0 aliphatic rings. The molecule has 6 heteroatoms. The van der Waals surface area contributed by atoms with Crippen molar-refractivity contribution in [3.05, 3.63) is 64.1 Å². The quantitative estimate of drug-likeness (QED) is 0.677. The predicted molar refractivity (Wildman–Crippen MR) is 69.3 cm³/mol. The van der Waals surface area contributed by atoms with E-state index in [0.29, 0.717) is 5.56 Å². The van der Waals surface area contributed by atoms with Gasteiger partial charge in [-0.2, -0.15) is 0 Å². The largest absolute Gasteiger partial charge is 0.358 e. The molecule has 2 aromatic rings. The topological polar surface area (TPSA) is 68.1 Å². The first kappa shape index (κ1) is 12.9. The molecule has 1 aromatic carbocycles. The summed E-state index contributed by atoms with van der Waals surface area (Å²) in [6.07, 6.45) is 1.47. The highest BCUT2D eigenvalue weighted by atomic mass is 19.1. The molecule has 0 fully saturated rings. The molecule has 0 aliphatic heterocycles. The summed E-state index contributed by atoms with van der Waals surface area (Å²) in [5.41, 5.74) is 0.589. The second kappa shape index (κ2) is 5.43. The van der Waals surface area contributed by atoms with Gasteiger partial charge < -0.3 is 5.32 Å². The number of rotatable bonds is 4. The molecule has 0 saturated heterocycles. The van der Waals surface area contributed by atoms with Gasteiger partial charge in [0.1, 0.15) is 5.82 Å². The third-order valence-electron chi connectivity index (χ3n) is 2.69. The average Bonchev–Trinajstić information content (AvgIpc) is 2.39. The fourth-order valence-corrected chi connectivity index (χ4v) is 1.72. The zero-order chi connectivity index (χ0) is 13.8. The first-order valence-electron chi connectivity index (χ1n) is 5.69. The van der Waals surface area contributed by atoms with Crippen molar-refractivity contribution in [1.82, 2.24) is 4.98 Å². The van der Waals surface area contributed by atoms with E-state index in [1.807, 2.05) is 0 Å². The molecule has 19 heavy (non-hydrogen) atoms. The molecule has 0 radical (unpaired) electrons. The number of anilines is 1. The van der Waals surface area contributed by atoms with E-state index in [9.17, 15) is 14.5 Å². The van der Waals surface area contributed by atoms with E-state index in [-0.39, 0.29) is 23.4 Å². The smallest absolute Gasteiger partial charge is 0.311 e. The number of nitrogens with one attached hydrogen (secondary N) is 1. The van der Waals surface area contributed by atoms with E-state index in [1.165, 1.54) is 30.5 Å². The summed E-state index contributed by atoms with van der Waals surface area (Å²) in [5.74, 6) is -0.175. The molecule has 1 unspecified atom stereocenters. The van der Waals surface area contributed by atoms with Crippen LogP contribution in [0.4, 0.5) is 15.9 Å². The number of hydrogen-bond acceptors (Lipinski definition) is 4. The van der Waals surface area contributed by atoms with Crippen molar-refractivity contribution in [2.24, 2.45) is 0 Å². The van der Waals surface area contributed by atoms with Gasteiger partial charge in [0.25, 0.3) is 0 Å². The zero-order valence-electron chi connectivity index (χ0n) is 10.2. The molecule has 1 aromatic heterocycles. The SMILES string of the molecule is CC(Nc1ncccc1[N+](=O)[O-])c1cccc(F)c1. The van der Waals surface area contributed by atoms with E-state index < -0.39 is 4.92 Å². The Morgan fingerprint density at radius 3 is 2.84 bits per heavy atom. The first-order chi connectivity index (χ1) is 9.08. The van der Waals surface area contributed by atoms with E-state index in [1.54, 1.807) is 19.1 Å². The summed E-state index contributed by atoms with van der Waals surface area (Å²) < 4.78 is 13.1. The lowest BCUT2D eigenvalue weighted by molar-refractivity contribution is -0.384. The average molecular weight is 261 g/mol. The first-order valence-corrected chi connectivity index (χ1v) is 5.69. The molecule has 1 N–H and O–H groups in total. The second-order valence-corrected chi connectivity index (χ2v) is 4.05. The predicted octanol–water partition coefficient (Wildman–Crippen LogP) is 3.30. The Morgan fingerprint density at radius 1 is 1.37 bits per heavy atom. The highest BCUT2D eigenvalue weighted by molar-refractivity contribution is 5.56. The van der Waals surface area contributed by atoms with Gasteiger partial charge in [0, 0.05) is 12.3 Å². The van der Waals surface area contributed by atoms with E-state index >= 15 is 0 Å². The van der Waals surface area contributed by atoms with Crippen LogP contribution in [0, 0.1) is 15.9 Å². The third kappa shape index (κ3) is 3.04. The monoisotopic (exact) mass is 261 g/mol. The summed E-state index contributed by atoms with van der Waals surface area (Å²) in [6.45, 7) is 1.78. The summed E-state index contributed by atoms with van der Waals surface area (Å²) in [6, 6.07) is 8.64. The Labute approximate surface area is 109 Å². The lowest BCUT2D eigenvalue weighted by atomic mass is 10.1. The van der Waals surface area contributed by atoms with Crippen molar-refractivity contribution in [2.75, 3.05) is 5.32 Å². The van der Waals surface area contributed by atoms with Crippen LogP contribution in [0.25, 0.3) is 0 Å². The molecular weight excluding hydrogens is 249 g/mol. The van der Waals surface area contributed by atoms with Gasteiger partial charge in [0.15, 0.2) is 0 Å². The third-order valence-corrected chi connectivity index (χ3v) is 2.69. The highest BCUT2D eigenvalue weighted by Gasteiger charge is 2.16. The number of benzene rings is 1. The fraction of sp³-hybridized carbons (Fsp3) is 0.154. The van der Waals surface area contributed by atoms with Gasteiger partial charge in [-0.05, 0) is 30.7 Å². The van der Waals surface area contributed by atoms with Crippen LogP contribution < -0.4 is 5.32 Å². The number of aromatic nitrogens is 1. The highest BCUT2D eigenvalue weighted by Crippen LogP contribution is 2.25. The molecule has 0 bridgehead atoms. The number of halogens is 1. The number of hydrogen-bond donors (Lipinski definition) is 1. The van der Waals surface area contributed by atoms with Crippen LogP contribution in [0.2, 0.25) is 0 Å².